The highest BCUT2D eigenvalue weighted by Gasteiger charge is 2.23. The van der Waals surface area contributed by atoms with Crippen LogP contribution in [0.2, 0.25) is 0 Å². The van der Waals surface area contributed by atoms with Crippen LogP contribution >= 0.6 is 35.3 Å². The number of allylic oxidation sites excluding steroid dienone is 1. The van der Waals surface area contributed by atoms with E-state index in [0.29, 0.717) is 26.3 Å². The van der Waals surface area contributed by atoms with Gasteiger partial charge in [-0.2, -0.15) is 21.0 Å². The molecule has 0 bridgehead atoms. The molecule has 0 aliphatic rings. The minimum atomic E-state index is -3.68. The summed E-state index contributed by atoms with van der Waals surface area (Å²) in [6, 6.07) is 20.4. The standard InChI is InChI=1S/C10H8N4O3S.C10H8N4OS.C10H9NO2S2.C7H5NO2/c1-18(15,16)9-6(5-11)8(13-10(12)14-9)7-3-2-4-17-7;1-16-9-6(5-11)8(13-10(12)14-9)7-3-2-4-15-7;1-14-10(15-2)7(6-11)9(12)8-4-3-5-13-8;8-4-3-6(9)7-2-1-5-10-7/h2-4H,1H3,(H2,12,13,14);2-4H,1H3,(H2,12,13,14);3-5H,1-2H3;1-2,5H,3H2. The van der Waals surface area contributed by atoms with Gasteiger partial charge >= 0.3 is 0 Å². The van der Waals surface area contributed by atoms with Crippen LogP contribution in [0, 0.1) is 45.3 Å². The number of nitriles is 4. The molecule has 0 aliphatic heterocycles. The van der Waals surface area contributed by atoms with Crippen LogP contribution in [0.4, 0.5) is 11.9 Å². The molecule has 300 valence electrons. The number of hydrogen-bond acceptors (Lipinski definition) is 21. The molecule has 0 aromatic carbocycles. The van der Waals surface area contributed by atoms with Gasteiger partial charge in [0.05, 0.1) is 35.4 Å². The van der Waals surface area contributed by atoms with Crippen LogP contribution in [0.3, 0.4) is 0 Å². The number of furan rings is 4. The number of hydrogen-bond donors (Lipinski definition) is 2. The van der Waals surface area contributed by atoms with Gasteiger partial charge in [-0.25, -0.2) is 28.4 Å². The van der Waals surface area contributed by atoms with Crippen molar-refractivity contribution in [3.63, 3.8) is 0 Å². The number of sulfone groups is 1. The number of rotatable bonds is 10. The number of anilines is 2. The predicted octanol–water partition coefficient (Wildman–Crippen LogP) is 6.81. The average Bonchev–Trinajstić information content (AvgIpc) is 4.08. The molecule has 0 amide bonds. The molecule has 0 spiro atoms. The van der Waals surface area contributed by atoms with E-state index < -0.39 is 14.9 Å². The first-order chi connectivity index (χ1) is 28.3. The number of carbonyl (C=O) groups is 2. The number of nitrogens with zero attached hydrogens (tertiary/aromatic N) is 8. The van der Waals surface area contributed by atoms with E-state index in [1.807, 2.05) is 24.8 Å². The lowest BCUT2D eigenvalue weighted by Crippen LogP contribution is -2.09. The summed E-state index contributed by atoms with van der Waals surface area (Å²) in [7, 11) is -3.68. The highest BCUT2D eigenvalue weighted by atomic mass is 32.2. The van der Waals surface area contributed by atoms with Crippen molar-refractivity contribution in [3.8, 4) is 47.2 Å². The van der Waals surface area contributed by atoms with Gasteiger partial charge in [0.2, 0.25) is 23.5 Å². The molecule has 6 rings (SSSR count). The lowest BCUT2D eigenvalue weighted by molar-refractivity contribution is 0.0970. The zero-order valence-electron chi connectivity index (χ0n) is 31.3. The Balaban J connectivity index is 0.000000214. The number of nitrogen functional groups attached to an aromatic ring is 2. The van der Waals surface area contributed by atoms with Crippen molar-refractivity contribution in [2.24, 2.45) is 0 Å². The highest BCUT2D eigenvalue weighted by molar-refractivity contribution is 8.21. The molecule has 59 heavy (non-hydrogen) atoms. The number of Topliss-reactive ketones (excluding diaryl/α,β-unsaturated/α-hetero) is 2. The van der Waals surface area contributed by atoms with E-state index in [1.165, 1.54) is 60.3 Å². The minimum Gasteiger partial charge on any atom is -0.463 e. The molecule has 18 nitrogen and oxygen atoms in total. The van der Waals surface area contributed by atoms with Gasteiger partial charge in [0.15, 0.2) is 37.9 Å². The van der Waals surface area contributed by atoms with Crippen LogP contribution in [-0.2, 0) is 9.84 Å². The van der Waals surface area contributed by atoms with E-state index >= 15 is 0 Å². The topological polar surface area (TPSA) is 320 Å². The Morgan fingerprint density at radius 1 is 0.712 bits per heavy atom. The van der Waals surface area contributed by atoms with Gasteiger partial charge in [-0.15, -0.1) is 35.3 Å². The summed E-state index contributed by atoms with van der Waals surface area (Å²) in [4.78, 5) is 38.1. The monoisotopic (exact) mass is 870 g/mol. The fourth-order valence-corrected chi connectivity index (χ4v) is 6.97. The van der Waals surface area contributed by atoms with Crippen LogP contribution in [0.15, 0.2) is 111 Å². The van der Waals surface area contributed by atoms with Crippen LogP contribution in [-0.4, -0.2) is 64.9 Å². The van der Waals surface area contributed by atoms with Crippen LogP contribution in [0.25, 0.3) is 22.9 Å². The summed E-state index contributed by atoms with van der Waals surface area (Å²) in [5.41, 5.74) is 11.9. The smallest absolute Gasteiger partial charge is 0.240 e. The highest BCUT2D eigenvalue weighted by Crippen LogP contribution is 2.30. The van der Waals surface area contributed by atoms with Crippen LogP contribution < -0.4 is 11.5 Å². The molecule has 0 saturated heterocycles. The van der Waals surface area contributed by atoms with E-state index in [1.54, 1.807) is 60.7 Å². The normalized spacial score (nSPS) is 9.97. The van der Waals surface area contributed by atoms with Crippen molar-refractivity contribution in [2.75, 3.05) is 36.5 Å². The third-order valence-corrected chi connectivity index (χ3v) is 10.6. The van der Waals surface area contributed by atoms with Gasteiger partial charge in [0.25, 0.3) is 0 Å². The molecular formula is C37H30N10O8S4. The van der Waals surface area contributed by atoms with Crippen molar-refractivity contribution in [2.45, 2.75) is 16.5 Å². The Morgan fingerprint density at radius 3 is 1.61 bits per heavy atom. The Hall–Kier alpha value is -7.08. The van der Waals surface area contributed by atoms with E-state index in [9.17, 15) is 18.0 Å². The SMILES string of the molecule is CS(=O)(=O)c1nc(N)nc(-c2ccco2)c1C#N.CSC(SC)=C(C#N)C(=O)c1ccco1.CSc1nc(N)nc(-c2ccco2)c1C#N.N#CCC(=O)c1ccco1. The van der Waals surface area contributed by atoms with Gasteiger partial charge in [-0.1, -0.05) is 0 Å². The fourth-order valence-electron chi connectivity index (χ4n) is 4.32. The molecule has 0 aliphatic carbocycles. The minimum absolute atomic E-state index is 0.0652. The van der Waals surface area contributed by atoms with E-state index in [-0.39, 0.29) is 64.0 Å². The first-order valence-corrected chi connectivity index (χ1v) is 21.6. The molecule has 4 N–H and O–H groups in total. The molecule has 0 unspecified atom stereocenters. The lowest BCUT2D eigenvalue weighted by atomic mass is 10.2. The number of aromatic nitrogens is 4. The van der Waals surface area contributed by atoms with Crippen molar-refractivity contribution < 1.29 is 35.7 Å². The fraction of sp³-hybridized carbons (Fsp3) is 0.135. The number of nitrogens with two attached hydrogens (primary N) is 2. The maximum absolute atomic E-state index is 11.8. The van der Waals surface area contributed by atoms with Crippen molar-refractivity contribution in [3.05, 3.63) is 106 Å². The summed E-state index contributed by atoms with van der Waals surface area (Å²) in [5.74, 6) is 0.490. The predicted molar refractivity (Wildman–Crippen MR) is 219 cm³/mol. The number of thioether (sulfide) groups is 3. The lowest BCUT2D eigenvalue weighted by Gasteiger charge is -2.05. The summed E-state index contributed by atoms with van der Waals surface area (Å²) in [6.07, 6.45) is 12.0. The average molecular weight is 871 g/mol. The molecular weight excluding hydrogens is 841 g/mol. The molecule has 0 radical (unpaired) electrons. The number of ketones is 2. The third kappa shape index (κ3) is 12.7. The van der Waals surface area contributed by atoms with E-state index in [0.717, 1.165) is 6.26 Å². The number of carbonyl (C=O) groups excluding carboxylic acids is 2. The van der Waals surface area contributed by atoms with Gasteiger partial charge < -0.3 is 29.1 Å². The van der Waals surface area contributed by atoms with E-state index in [2.05, 4.69) is 26.0 Å². The second-order valence-electron chi connectivity index (χ2n) is 10.6. The van der Waals surface area contributed by atoms with Gasteiger partial charge in [0, 0.05) is 6.26 Å². The molecule has 0 fully saturated rings. The molecule has 6 heterocycles. The Bertz CT molecular complexity index is 2670. The van der Waals surface area contributed by atoms with Crippen molar-refractivity contribution in [1.82, 2.24) is 19.9 Å². The van der Waals surface area contributed by atoms with Gasteiger partial charge in [-0.3, -0.25) is 9.59 Å². The summed E-state index contributed by atoms with van der Waals surface area (Å²) in [6.45, 7) is 0. The molecule has 0 atom stereocenters. The first-order valence-electron chi connectivity index (χ1n) is 16.0. The Morgan fingerprint density at radius 2 is 1.20 bits per heavy atom. The molecule has 6 aromatic heterocycles. The van der Waals surface area contributed by atoms with Crippen LogP contribution in [0.1, 0.15) is 38.7 Å². The Kier molecular flexibility index (Phi) is 17.7. The van der Waals surface area contributed by atoms with Crippen molar-refractivity contribution >= 4 is 68.6 Å². The quantitative estimate of drug-likeness (QED) is 0.0469. The zero-order chi connectivity index (χ0) is 43.5. The van der Waals surface area contributed by atoms with E-state index in [4.69, 9.17) is 50.2 Å². The zero-order valence-corrected chi connectivity index (χ0v) is 34.5. The summed E-state index contributed by atoms with van der Waals surface area (Å²) < 4.78 is 43.8. The molecule has 22 heteroatoms. The first kappa shape index (κ1) is 46.3. The summed E-state index contributed by atoms with van der Waals surface area (Å²) >= 11 is 4.12. The Labute approximate surface area is 349 Å². The summed E-state index contributed by atoms with van der Waals surface area (Å²) in [5, 5.41) is 35.4. The largest absolute Gasteiger partial charge is 0.463 e. The second kappa shape index (κ2) is 22.6. The van der Waals surface area contributed by atoms with Crippen LogP contribution in [0.5, 0.6) is 0 Å². The maximum atomic E-state index is 11.8. The maximum Gasteiger partial charge on any atom is 0.240 e. The molecule has 0 saturated carbocycles. The van der Waals surface area contributed by atoms with Gasteiger partial charge in [-0.05, 0) is 67.3 Å². The molecule has 6 aromatic rings. The van der Waals surface area contributed by atoms with Gasteiger partial charge in [0.1, 0.15) is 57.7 Å². The third-order valence-electron chi connectivity index (χ3n) is 6.76. The second-order valence-corrected chi connectivity index (χ2v) is 15.2. The van der Waals surface area contributed by atoms with Crippen molar-refractivity contribution in [1.29, 1.82) is 21.0 Å².